The van der Waals surface area contributed by atoms with E-state index < -0.39 is 0 Å². The molecule has 8 heteroatoms. The minimum Gasteiger partial charge on any atom is -1.00 e. The van der Waals surface area contributed by atoms with E-state index in [-0.39, 0.29) is 29.6 Å². The molecule has 0 aliphatic rings. The summed E-state index contributed by atoms with van der Waals surface area (Å²) in [7, 11) is 0. The van der Waals surface area contributed by atoms with Crippen LogP contribution in [0.15, 0.2) is 30.6 Å². The maximum absolute atomic E-state index is 11.4. The average molecular weight is 328 g/mol. The van der Waals surface area contributed by atoms with Crippen LogP contribution in [-0.4, -0.2) is 33.2 Å². The third kappa shape index (κ3) is 5.56. The number of halogens is 1. The number of H-pyrrole nitrogens is 1. The van der Waals surface area contributed by atoms with Crippen molar-refractivity contribution in [3.8, 4) is 0 Å². The summed E-state index contributed by atoms with van der Waals surface area (Å²) in [5.41, 5.74) is 0. The van der Waals surface area contributed by atoms with Gasteiger partial charge >= 0.3 is 5.97 Å². The van der Waals surface area contributed by atoms with Crippen LogP contribution in [0.1, 0.15) is 12.2 Å². The quantitative estimate of drug-likeness (QED) is 0.443. The van der Waals surface area contributed by atoms with Crippen molar-refractivity contribution in [3.05, 3.63) is 36.4 Å². The first-order valence-corrected chi connectivity index (χ1v) is 5.66. The lowest BCUT2D eigenvalue weighted by Crippen LogP contribution is -3.00. The fraction of sp³-hybridized carbons (Fsp3) is 0.364. The molecule has 2 heterocycles. The Kier molecular flexibility index (Phi) is 6.65. The van der Waals surface area contributed by atoms with E-state index in [4.69, 9.17) is 4.74 Å². The van der Waals surface area contributed by atoms with Gasteiger partial charge in [-0.1, -0.05) is 11.3 Å². The van der Waals surface area contributed by atoms with Crippen LogP contribution in [0.4, 0.5) is 0 Å². The molecule has 2 rings (SSSR count). The van der Waals surface area contributed by atoms with E-state index in [2.05, 4.69) is 20.6 Å². The molecule has 0 aliphatic carbocycles. The number of nitrogens with one attached hydrogen (secondary N) is 1. The molecule has 0 unspecified atom stereocenters. The van der Waals surface area contributed by atoms with Crippen LogP contribution in [0.2, 0.25) is 0 Å². The number of ether oxygens (including phenoxy) is 1. The molecule has 0 aliphatic heterocycles. The van der Waals surface area contributed by atoms with E-state index in [1.807, 2.05) is 35.2 Å². The van der Waals surface area contributed by atoms with Crippen molar-refractivity contribution in [1.29, 1.82) is 0 Å². The lowest BCUT2D eigenvalue weighted by Gasteiger charge is -2.01. The van der Waals surface area contributed by atoms with E-state index in [1.54, 1.807) is 0 Å². The van der Waals surface area contributed by atoms with E-state index in [0.717, 1.165) is 0 Å². The molecule has 19 heavy (non-hydrogen) atoms. The van der Waals surface area contributed by atoms with Gasteiger partial charge in [0.25, 0.3) is 0 Å². The first-order chi connectivity index (χ1) is 8.84. The number of carbonyl (C=O) groups excluding carboxylic acids is 1. The summed E-state index contributed by atoms with van der Waals surface area (Å²) in [5.74, 6) is 0.315. The molecular weight excluding hydrogens is 314 g/mol. The Morgan fingerprint density at radius 3 is 2.79 bits per heavy atom. The van der Waals surface area contributed by atoms with Crippen molar-refractivity contribution in [2.24, 2.45) is 0 Å². The lowest BCUT2D eigenvalue weighted by atomic mass is 10.4. The topological polar surface area (TPSA) is 84.6 Å². The number of nitrogens with zero attached hydrogens (tertiary/aromatic N) is 4. The second kappa shape index (κ2) is 8.30. The molecule has 0 radical (unpaired) electrons. The number of rotatable bonds is 6. The summed E-state index contributed by atoms with van der Waals surface area (Å²) in [6.07, 6.45) is 4.64. The Labute approximate surface area is 120 Å². The van der Waals surface area contributed by atoms with Gasteiger partial charge in [0.15, 0.2) is 24.8 Å². The third-order valence-electron chi connectivity index (χ3n) is 2.33. The Bertz CT molecular complexity index is 477. The Balaban J connectivity index is 0.00000180. The molecule has 0 saturated carbocycles. The number of aryl methyl sites for hydroxylation is 1. The molecule has 0 bridgehead atoms. The molecule has 1 N–H and O–H groups in total. The summed E-state index contributed by atoms with van der Waals surface area (Å²) in [6.45, 7) is 0.889. The van der Waals surface area contributed by atoms with Crippen molar-refractivity contribution < 1.29 is 31.1 Å². The fourth-order valence-corrected chi connectivity index (χ4v) is 1.42. The smallest absolute Gasteiger partial charge is 0.312 e. The van der Waals surface area contributed by atoms with Gasteiger partial charge in [-0.2, -0.15) is 5.21 Å². The van der Waals surface area contributed by atoms with Gasteiger partial charge in [-0.05, 0) is 0 Å². The number of esters is 1. The van der Waals surface area contributed by atoms with Gasteiger partial charge in [0.1, 0.15) is 6.42 Å². The minimum atomic E-state index is -0.227. The zero-order valence-corrected chi connectivity index (χ0v) is 11.8. The molecule has 0 aromatic carbocycles. The summed E-state index contributed by atoms with van der Waals surface area (Å²) >= 11 is 0. The van der Waals surface area contributed by atoms with Gasteiger partial charge < -0.3 is 21.7 Å². The SMILES string of the molecule is O=C(CC[n+]1ccccc1)OCCc1nn[nH]n1.[Br-]. The number of hydrogen-bond donors (Lipinski definition) is 1. The van der Waals surface area contributed by atoms with Gasteiger partial charge in [0.05, 0.1) is 6.61 Å². The van der Waals surface area contributed by atoms with Gasteiger partial charge in [-0.25, -0.2) is 4.57 Å². The molecule has 0 spiro atoms. The fourth-order valence-electron chi connectivity index (χ4n) is 1.42. The summed E-state index contributed by atoms with van der Waals surface area (Å²) < 4.78 is 6.99. The van der Waals surface area contributed by atoms with E-state index in [0.29, 0.717) is 25.2 Å². The predicted molar refractivity (Wildman–Crippen MR) is 60.1 cm³/mol. The summed E-state index contributed by atoms with van der Waals surface area (Å²) in [5, 5.41) is 13.3. The van der Waals surface area contributed by atoms with E-state index >= 15 is 0 Å². The molecular formula is C11H14BrN5O2. The molecule has 102 valence electrons. The lowest BCUT2D eigenvalue weighted by molar-refractivity contribution is -0.696. The van der Waals surface area contributed by atoms with Gasteiger partial charge in [0.2, 0.25) is 0 Å². The highest BCUT2D eigenvalue weighted by Crippen LogP contribution is 1.91. The van der Waals surface area contributed by atoms with Gasteiger partial charge in [-0.3, -0.25) is 4.79 Å². The van der Waals surface area contributed by atoms with Crippen molar-refractivity contribution >= 4 is 5.97 Å². The predicted octanol–water partition coefficient (Wildman–Crippen LogP) is -3.33. The summed E-state index contributed by atoms with van der Waals surface area (Å²) in [4.78, 5) is 11.4. The van der Waals surface area contributed by atoms with Crippen molar-refractivity contribution in [3.63, 3.8) is 0 Å². The molecule has 7 nitrogen and oxygen atoms in total. The highest BCUT2D eigenvalue weighted by molar-refractivity contribution is 5.69. The number of carbonyl (C=O) groups is 1. The van der Waals surface area contributed by atoms with Crippen molar-refractivity contribution in [2.45, 2.75) is 19.4 Å². The molecule has 0 saturated heterocycles. The molecule has 2 aromatic heterocycles. The third-order valence-corrected chi connectivity index (χ3v) is 2.33. The van der Waals surface area contributed by atoms with Crippen LogP contribution in [-0.2, 0) is 22.5 Å². The van der Waals surface area contributed by atoms with Crippen LogP contribution in [0.3, 0.4) is 0 Å². The molecule has 2 aromatic rings. The number of aromatic amines is 1. The van der Waals surface area contributed by atoms with Gasteiger partial charge in [0, 0.05) is 18.6 Å². The van der Waals surface area contributed by atoms with Gasteiger partial charge in [-0.15, -0.1) is 10.2 Å². The van der Waals surface area contributed by atoms with Crippen molar-refractivity contribution in [2.75, 3.05) is 6.61 Å². The highest BCUT2D eigenvalue weighted by atomic mass is 79.9. The standard InChI is InChI=1S/C11H14N5O2.BrH/c17-11(4-8-16-6-2-1-3-7-16)18-9-5-10-12-14-15-13-10;/h1-3,6-7H,4-5,8-9H2,(H,12,13,14,15);1H/q+1;/p-1. The maximum atomic E-state index is 11.4. The first-order valence-electron chi connectivity index (χ1n) is 5.66. The Hall–Kier alpha value is -1.83. The first kappa shape index (κ1) is 15.2. The largest absolute Gasteiger partial charge is 1.00 e. The zero-order chi connectivity index (χ0) is 12.6. The molecule has 0 amide bonds. The molecule has 0 atom stereocenters. The Morgan fingerprint density at radius 1 is 1.32 bits per heavy atom. The average Bonchev–Trinajstić information content (AvgIpc) is 2.91. The van der Waals surface area contributed by atoms with Crippen molar-refractivity contribution in [1.82, 2.24) is 20.6 Å². The number of aromatic nitrogens is 5. The van der Waals surface area contributed by atoms with E-state index in [1.165, 1.54) is 0 Å². The minimum absolute atomic E-state index is 0. The summed E-state index contributed by atoms with van der Waals surface area (Å²) in [6, 6.07) is 5.77. The van der Waals surface area contributed by atoms with Crippen LogP contribution in [0.5, 0.6) is 0 Å². The second-order valence-corrected chi connectivity index (χ2v) is 3.66. The van der Waals surface area contributed by atoms with Crippen LogP contribution in [0, 0.1) is 0 Å². The zero-order valence-electron chi connectivity index (χ0n) is 10.2. The second-order valence-electron chi connectivity index (χ2n) is 3.66. The highest BCUT2D eigenvalue weighted by Gasteiger charge is 2.08. The van der Waals surface area contributed by atoms with Crippen LogP contribution >= 0.6 is 0 Å². The maximum Gasteiger partial charge on any atom is 0.312 e. The number of tetrazole rings is 1. The molecule has 0 fully saturated rings. The van der Waals surface area contributed by atoms with E-state index in [9.17, 15) is 4.79 Å². The van der Waals surface area contributed by atoms with Crippen LogP contribution < -0.4 is 21.5 Å². The number of hydrogen-bond acceptors (Lipinski definition) is 5. The monoisotopic (exact) mass is 327 g/mol. The Morgan fingerprint density at radius 2 is 2.11 bits per heavy atom. The normalized spacial score (nSPS) is 9.68. The van der Waals surface area contributed by atoms with Crippen LogP contribution in [0.25, 0.3) is 0 Å². The number of pyridine rings is 1.